The maximum atomic E-state index is 5.50. The van der Waals surface area contributed by atoms with Crippen molar-refractivity contribution < 1.29 is 4.84 Å². The Morgan fingerprint density at radius 2 is 2.14 bits per heavy atom. The third-order valence-corrected chi connectivity index (χ3v) is 3.32. The zero-order valence-electron chi connectivity index (χ0n) is 9.33. The van der Waals surface area contributed by atoms with E-state index < -0.39 is 0 Å². The summed E-state index contributed by atoms with van der Waals surface area (Å²) >= 11 is 0. The molecule has 0 aromatic heterocycles. The quantitative estimate of drug-likeness (QED) is 0.694. The maximum Gasteiger partial charge on any atom is 0.0734 e. The number of fused-ring (bicyclic) bond motifs is 2. The SMILES string of the molecule is CC(C)ONC1CCN2CCCC1C2. The molecular weight excluding hydrogens is 176 g/mol. The summed E-state index contributed by atoms with van der Waals surface area (Å²) in [6, 6.07) is 0.592. The van der Waals surface area contributed by atoms with Gasteiger partial charge in [-0.15, -0.1) is 0 Å². The van der Waals surface area contributed by atoms with Crippen molar-refractivity contribution in [2.45, 2.75) is 45.3 Å². The number of nitrogens with one attached hydrogen (secondary N) is 1. The van der Waals surface area contributed by atoms with Crippen LogP contribution in [0.3, 0.4) is 0 Å². The predicted molar refractivity (Wildman–Crippen MR) is 56.9 cm³/mol. The van der Waals surface area contributed by atoms with E-state index in [0.29, 0.717) is 6.04 Å². The van der Waals surface area contributed by atoms with Crippen molar-refractivity contribution in [1.29, 1.82) is 0 Å². The molecule has 0 aliphatic carbocycles. The Bertz CT molecular complexity index is 184. The minimum Gasteiger partial charge on any atom is -0.303 e. The van der Waals surface area contributed by atoms with Gasteiger partial charge in [-0.2, -0.15) is 5.48 Å². The lowest BCUT2D eigenvalue weighted by Crippen LogP contribution is -2.52. The van der Waals surface area contributed by atoms with Crippen molar-refractivity contribution in [2.75, 3.05) is 19.6 Å². The Labute approximate surface area is 86.8 Å². The van der Waals surface area contributed by atoms with E-state index in [1.54, 1.807) is 0 Å². The summed E-state index contributed by atoms with van der Waals surface area (Å²) in [6.45, 7) is 7.98. The molecule has 2 rings (SSSR count). The van der Waals surface area contributed by atoms with Gasteiger partial charge < -0.3 is 4.90 Å². The zero-order valence-corrected chi connectivity index (χ0v) is 9.33. The number of hydrogen-bond donors (Lipinski definition) is 1. The molecule has 0 saturated carbocycles. The van der Waals surface area contributed by atoms with Crippen LogP contribution in [0.1, 0.15) is 33.1 Å². The maximum absolute atomic E-state index is 5.50. The smallest absolute Gasteiger partial charge is 0.0734 e. The molecule has 14 heavy (non-hydrogen) atoms. The normalized spacial score (nSPS) is 37.5. The van der Waals surface area contributed by atoms with E-state index in [2.05, 4.69) is 24.2 Å². The van der Waals surface area contributed by atoms with Gasteiger partial charge in [-0.3, -0.25) is 4.84 Å². The first kappa shape index (κ1) is 10.4. The standard InChI is InChI=1S/C11H22N2O/c1-9(2)14-12-11-5-7-13-6-3-4-10(11)8-13/h9-12H,3-8H2,1-2H3. The molecule has 3 nitrogen and oxygen atoms in total. The highest BCUT2D eigenvalue weighted by atomic mass is 16.7. The second kappa shape index (κ2) is 4.60. The van der Waals surface area contributed by atoms with Gasteiger partial charge in [0.05, 0.1) is 6.10 Å². The molecule has 82 valence electrons. The van der Waals surface area contributed by atoms with Gasteiger partial charge >= 0.3 is 0 Å². The van der Waals surface area contributed by atoms with Gasteiger partial charge in [0.1, 0.15) is 0 Å². The third kappa shape index (κ3) is 2.47. The molecule has 1 N–H and O–H groups in total. The summed E-state index contributed by atoms with van der Waals surface area (Å²) in [5.41, 5.74) is 3.25. The van der Waals surface area contributed by atoms with Gasteiger partial charge in [0.25, 0.3) is 0 Å². The van der Waals surface area contributed by atoms with Crippen LogP contribution in [-0.2, 0) is 4.84 Å². The highest BCUT2D eigenvalue weighted by Crippen LogP contribution is 2.26. The minimum absolute atomic E-state index is 0.289. The van der Waals surface area contributed by atoms with E-state index in [-0.39, 0.29) is 6.10 Å². The van der Waals surface area contributed by atoms with E-state index in [0.717, 1.165) is 5.92 Å². The third-order valence-electron chi connectivity index (χ3n) is 3.32. The Hall–Kier alpha value is -0.120. The average Bonchev–Trinajstić information content (AvgIpc) is 2.17. The average molecular weight is 198 g/mol. The first-order chi connectivity index (χ1) is 6.75. The van der Waals surface area contributed by atoms with Crippen molar-refractivity contribution in [2.24, 2.45) is 5.92 Å². The van der Waals surface area contributed by atoms with Crippen molar-refractivity contribution >= 4 is 0 Å². The van der Waals surface area contributed by atoms with Crippen molar-refractivity contribution in [3.63, 3.8) is 0 Å². The molecule has 3 heteroatoms. The molecule has 0 spiro atoms. The molecule has 3 atom stereocenters. The highest BCUT2D eigenvalue weighted by Gasteiger charge is 2.31. The van der Waals surface area contributed by atoms with Crippen LogP contribution in [0.2, 0.25) is 0 Å². The van der Waals surface area contributed by atoms with Gasteiger partial charge in [-0.25, -0.2) is 0 Å². The van der Waals surface area contributed by atoms with Crippen LogP contribution in [0.25, 0.3) is 0 Å². The lowest BCUT2D eigenvalue weighted by atomic mass is 9.85. The lowest BCUT2D eigenvalue weighted by molar-refractivity contribution is -0.0600. The van der Waals surface area contributed by atoms with Crippen LogP contribution in [0.5, 0.6) is 0 Å². The van der Waals surface area contributed by atoms with Crippen LogP contribution >= 0.6 is 0 Å². The molecule has 2 heterocycles. The van der Waals surface area contributed by atoms with Gasteiger partial charge in [-0.05, 0) is 52.1 Å². The van der Waals surface area contributed by atoms with Crippen molar-refractivity contribution in [3.8, 4) is 0 Å². The van der Waals surface area contributed by atoms with Crippen molar-refractivity contribution in [3.05, 3.63) is 0 Å². The number of nitrogens with zero attached hydrogens (tertiary/aromatic N) is 1. The first-order valence-electron chi connectivity index (χ1n) is 5.89. The molecule has 2 saturated heterocycles. The van der Waals surface area contributed by atoms with Crippen LogP contribution in [-0.4, -0.2) is 36.7 Å². The molecule has 0 amide bonds. The van der Waals surface area contributed by atoms with Crippen LogP contribution < -0.4 is 5.48 Å². The molecule has 2 fully saturated rings. The van der Waals surface area contributed by atoms with Crippen LogP contribution in [0.15, 0.2) is 0 Å². The summed E-state index contributed by atoms with van der Waals surface area (Å²) in [6.07, 6.45) is 4.27. The highest BCUT2D eigenvalue weighted by molar-refractivity contribution is 4.86. The molecule has 2 aliphatic rings. The fraction of sp³-hybridized carbons (Fsp3) is 1.00. The van der Waals surface area contributed by atoms with E-state index in [9.17, 15) is 0 Å². The number of hydroxylamine groups is 1. The fourth-order valence-electron chi connectivity index (χ4n) is 2.56. The summed E-state index contributed by atoms with van der Waals surface area (Å²) in [7, 11) is 0. The number of rotatable bonds is 3. The molecule has 2 bridgehead atoms. The van der Waals surface area contributed by atoms with Crippen LogP contribution in [0.4, 0.5) is 0 Å². The van der Waals surface area contributed by atoms with Crippen LogP contribution in [0, 0.1) is 5.92 Å². The Balaban J connectivity index is 1.80. The molecule has 2 aliphatic heterocycles. The Morgan fingerprint density at radius 3 is 2.93 bits per heavy atom. The van der Waals surface area contributed by atoms with Gasteiger partial charge in [0.15, 0.2) is 0 Å². The van der Waals surface area contributed by atoms with E-state index in [1.165, 1.54) is 38.9 Å². The van der Waals surface area contributed by atoms with Gasteiger partial charge in [0.2, 0.25) is 0 Å². The molecule has 3 unspecified atom stereocenters. The van der Waals surface area contributed by atoms with E-state index in [4.69, 9.17) is 4.84 Å². The molecule has 0 aromatic rings. The number of hydrogen-bond acceptors (Lipinski definition) is 3. The zero-order chi connectivity index (χ0) is 9.97. The largest absolute Gasteiger partial charge is 0.303 e. The lowest BCUT2D eigenvalue weighted by Gasteiger charge is -2.42. The predicted octanol–water partition coefficient (Wildman–Crippen LogP) is 1.40. The van der Waals surface area contributed by atoms with Crippen molar-refractivity contribution in [1.82, 2.24) is 10.4 Å². The van der Waals surface area contributed by atoms with E-state index >= 15 is 0 Å². The van der Waals surface area contributed by atoms with Gasteiger partial charge in [0, 0.05) is 12.6 Å². The molecule has 0 aromatic carbocycles. The second-order valence-electron chi connectivity index (χ2n) is 4.88. The second-order valence-corrected chi connectivity index (χ2v) is 4.88. The Kier molecular flexibility index (Phi) is 3.42. The van der Waals surface area contributed by atoms with Gasteiger partial charge in [-0.1, -0.05) is 0 Å². The summed E-state index contributed by atoms with van der Waals surface area (Å²) < 4.78 is 0. The summed E-state index contributed by atoms with van der Waals surface area (Å²) in [5, 5.41) is 0. The monoisotopic (exact) mass is 198 g/mol. The first-order valence-corrected chi connectivity index (χ1v) is 5.89. The summed E-state index contributed by atoms with van der Waals surface area (Å²) in [5.74, 6) is 0.816. The number of piperidine rings is 2. The molecule has 0 radical (unpaired) electrons. The summed E-state index contributed by atoms with van der Waals surface area (Å²) in [4.78, 5) is 8.09. The van der Waals surface area contributed by atoms with E-state index in [1.807, 2.05) is 0 Å². The fourth-order valence-corrected chi connectivity index (χ4v) is 2.56. The topological polar surface area (TPSA) is 24.5 Å². The Morgan fingerprint density at radius 1 is 1.29 bits per heavy atom. The minimum atomic E-state index is 0.289. The molecular formula is C11H22N2O.